The van der Waals surface area contributed by atoms with Crippen LogP contribution in [0, 0.1) is 11.8 Å². The number of esters is 1. The van der Waals surface area contributed by atoms with Crippen molar-refractivity contribution in [3.63, 3.8) is 0 Å². The Morgan fingerprint density at radius 2 is 1.31 bits per heavy atom. The number of rotatable bonds is 10. The molecule has 7 rings (SSSR count). The molecule has 3 saturated heterocycles. The zero-order valence-corrected chi connectivity index (χ0v) is 28.3. The highest BCUT2D eigenvalue weighted by Crippen LogP contribution is 2.57. The number of aliphatic hydroxyl groups is 7. The van der Waals surface area contributed by atoms with Gasteiger partial charge in [0.1, 0.15) is 48.8 Å². The molecule has 18 heteroatoms. The van der Waals surface area contributed by atoms with E-state index < -0.39 is 104 Å². The zero-order valence-electron chi connectivity index (χ0n) is 28.3. The number of aliphatic hydroxyl groups excluding tert-OH is 7. The molecule has 0 amide bonds. The molecule has 0 aromatic heterocycles. The first-order chi connectivity index (χ1) is 25.0. The summed E-state index contributed by atoms with van der Waals surface area (Å²) in [4.78, 5) is 13.6. The molecule has 286 valence electrons. The van der Waals surface area contributed by atoms with E-state index in [0.717, 1.165) is 0 Å². The Bertz CT molecular complexity index is 1590. The van der Waals surface area contributed by atoms with Gasteiger partial charge in [-0.3, -0.25) is 4.79 Å². The molecule has 18 nitrogen and oxygen atoms in total. The summed E-state index contributed by atoms with van der Waals surface area (Å²) in [5.41, 5.74) is 1.80. The van der Waals surface area contributed by atoms with E-state index in [9.17, 15) is 40.5 Å². The average Bonchev–Trinajstić information content (AvgIpc) is 3.78. The summed E-state index contributed by atoms with van der Waals surface area (Å²) in [6.45, 7) is -1.35. The van der Waals surface area contributed by atoms with Crippen molar-refractivity contribution in [2.24, 2.45) is 11.8 Å². The molecule has 52 heavy (non-hydrogen) atoms. The van der Waals surface area contributed by atoms with Crippen molar-refractivity contribution in [1.29, 1.82) is 0 Å². The van der Waals surface area contributed by atoms with Crippen LogP contribution in [0.5, 0.6) is 28.7 Å². The van der Waals surface area contributed by atoms with Gasteiger partial charge in [0, 0.05) is 11.8 Å². The highest BCUT2D eigenvalue weighted by Gasteiger charge is 2.55. The van der Waals surface area contributed by atoms with Crippen LogP contribution in [0.15, 0.2) is 24.3 Å². The van der Waals surface area contributed by atoms with E-state index in [-0.39, 0.29) is 13.4 Å². The van der Waals surface area contributed by atoms with Crippen molar-refractivity contribution in [2.75, 3.05) is 47.9 Å². The lowest BCUT2D eigenvalue weighted by atomic mass is 9.66. The van der Waals surface area contributed by atoms with Gasteiger partial charge in [0.15, 0.2) is 35.6 Å². The standard InChI is InChI=1S/C34H42O18/c1-43-18-4-12(5-19(44-2)31(18)45-3)22-13-6-16-17(49-11-48-16)7-14(13)30(15-9-46-32(42)23(15)22)52-34-29(41)27(39)25(37)21(51-34)10-47-33-28(40)26(38)24(36)20(8-35)50-33/h4-7,15,20-30,33-41H,8-11H2,1-3H3/t15-,20+,21+,22-,23-,24+,25+,26-,27-,28+,29+,30-,33+,34-/m1/s1. The number of carbonyl (C=O) groups is 1. The largest absolute Gasteiger partial charge is 0.493 e. The molecule has 2 aromatic carbocycles. The van der Waals surface area contributed by atoms with Gasteiger partial charge in [0.2, 0.25) is 12.5 Å². The molecule has 4 heterocycles. The fourth-order valence-corrected chi connectivity index (χ4v) is 7.67. The predicted octanol–water partition coefficient (Wildman–Crippen LogP) is -1.94. The number of hydrogen-bond acceptors (Lipinski definition) is 18. The van der Waals surface area contributed by atoms with Crippen LogP contribution in [0.1, 0.15) is 28.7 Å². The topological polar surface area (TPSA) is 251 Å². The Hall–Kier alpha value is -3.53. The monoisotopic (exact) mass is 738 g/mol. The second-order valence-electron chi connectivity index (χ2n) is 13.2. The van der Waals surface area contributed by atoms with Gasteiger partial charge in [0.05, 0.1) is 53.2 Å². The summed E-state index contributed by atoms with van der Waals surface area (Å²) in [5.74, 6) is -0.711. The zero-order chi connectivity index (χ0) is 37.0. The lowest BCUT2D eigenvalue weighted by Crippen LogP contribution is -2.62. The van der Waals surface area contributed by atoms with Crippen LogP contribution in [-0.2, 0) is 28.5 Å². The lowest BCUT2D eigenvalue weighted by Gasteiger charge is -2.45. The minimum absolute atomic E-state index is 0.0435. The van der Waals surface area contributed by atoms with Crippen LogP contribution in [0.25, 0.3) is 0 Å². The minimum Gasteiger partial charge on any atom is -0.493 e. The number of methoxy groups -OCH3 is 3. The number of benzene rings is 2. The smallest absolute Gasteiger partial charge is 0.310 e. The summed E-state index contributed by atoms with van der Waals surface area (Å²) in [5, 5.41) is 73.0. The maximum absolute atomic E-state index is 13.6. The van der Waals surface area contributed by atoms with Crippen molar-refractivity contribution in [3.8, 4) is 28.7 Å². The van der Waals surface area contributed by atoms with Gasteiger partial charge < -0.3 is 83.1 Å². The van der Waals surface area contributed by atoms with Gasteiger partial charge in [-0.2, -0.15) is 0 Å². The Balaban J connectivity index is 1.21. The second-order valence-corrected chi connectivity index (χ2v) is 13.2. The summed E-state index contributed by atoms with van der Waals surface area (Å²) in [6, 6.07) is 6.95. The van der Waals surface area contributed by atoms with Gasteiger partial charge in [-0.05, 0) is 41.0 Å². The maximum Gasteiger partial charge on any atom is 0.310 e. The maximum atomic E-state index is 13.6. The molecule has 4 aliphatic heterocycles. The van der Waals surface area contributed by atoms with Gasteiger partial charge in [-0.1, -0.05) is 0 Å². The number of fused-ring (bicyclic) bond motifs is 3. The van der Waals surface area contributed by atoms with Crippen molar-refractivity contribution in [3.05, 3.63) is 41.0 Å². The van der Waals surface area contributed by atoms with Gasteiger partial charge in [0.25, 0.3) is 0 Å². The molecule has 14 atom stereocenters. The predicted molar refractivity (Wildman–Crippen MR) is 169 cm³/mol. The molecular weight excluding hydrogens is 696 g/mol. The summed E-state index contributed by atoms with van der Waals surface area (Å²) in [6.07, 6.45) is -17.1. The third-order valence-corrected chi connectivity index (χ3v) is 10.4. The molecule has 0 radical (unpaired) electrons. The van der Waals surface area contributed by atoms with Crippen LogP contribution < -0.4 is 23.7 Å². The highest BCUT2D eigenvalue weighted by atomic mass is 16.7. The Morgan fingerprint density at radius 1 is 0.712 bits per heavy atom. The van der Waals surface area contributed by atoms with E-state index in [1.165, 1.54) is 21.3 Å². The Kier molecular flexibility index (Phi) is 10.4. The third-order valence-electron chi connectivity index (χ3n) is 10.4. The fraction of sp³-hybridized carbons (Fsp3) is 0.618. The third kappa shape index (κ3) is 6.20. The molecular formula is C34H42O18. The first-order valence-corrected chi connectivity index (χ1v) is 16.7. The van der Waals surface area contributed by atoms with Gasteiger partial charge in [-0.15, -0.1) is 0 Å². The number of carbonyl (C=O) groups excluding carboxylic acids is 1. The lowest BCUT2D eigenvalue weighted by molar-refractivity contribution is -0.339. The molecule has 0 unspecified atom stereocenters. The number of hydrogen-bond donors (Lipinski definition) is 7. The second kappa shape index (κ2) is 14.7. The normalized spacial score (nSPS) is 37.9. The van der Waals surface area contributed by atoms with Crippen LogP contribution in [0.3, 0.4) is 0 Å². The van der Waals surface area contributed by atoms with E-state index in [2.05, 4.69) is 0 Å². The van der Waals surface area contributed by atoms with E-state index in [4.69, 9.17) is 47.4 Å². The SMILES string of the molecule is COc1cc([C@@H]2c3cc4c(cc3[C@@H](O[C@H]3O[C@@H](CO[C@H]5O[C@@H](CO)[C@H](O)[C@@H](O)[C@@H]5O)[C@H](O)[C@@H](O)[C@@H]3O)[C@@H]3COC(=O)[C@@H]23)OCO4)cc(OC)c1OC. The van der Waals surface area contributed by atoms with Crippen molar-refractivity contribution >= 4 is 5.97 Å². The molecule has 7 N–H and O–H groups in total. The summed E-state index contributed by atoms with van der Waals surface area (Å²) >= 11 is 0. The Labute approximate surface area is 296 Å². The van der Waals surface area contributed by atoms with Crippen molar-refractivity contribution in [1.82, 2.24) is 0 Å². The van der Waals surface area contributed by atoms with Gasteiger partial charge >= 0.3 is 5.97 Å². The fourth-order valence-electron chi connectivity index (χ4n) is 7.67. The molecule has 0 bridgehead atoms. The molecule has 0 saturated carbocycles. The van der Waals surface area contributed by atoms with E-state index >= 15 is 0 Å². The highest BCUT2D eigenvalue weighted by molar-refractivity contribution is 5.79. The van der Waals surface area contributed by atoms with Crippen LogP contribution in [-0.4, -0.2) is 151 Å². The van der Waals surface area contributed by atoms with Crippen molar-refractivity contribution in [2.45, 2.75) is 73.4 Å². The molecule has 2 aromatic rings. The average molecular weight is 739 g/mol. The molecule has 1 aliphatic carbocycles. The van der Waals surface area contributed by atoms with E-state index in [1.807, 2.05) is 0 Å². The Morgan fingerprint density at radius 3 is 1.92 bits per heavy atom. The molecule has 3 fully saturated rings. The summed E-state index contributed by atoms with van der Waals surface area (Å²) in [7, 11) is 4.44. The van der Waals surface area contributed by atoms with Crippen molar-refractivity contribution < 1.29 is 87.9 Å². The number of ether oxygens (including phenoxy) is 10. The number of cyclic esters (lactones) is 1. The minimum atomic E-state index is -1.80. The molecule has 0 spiro atoms. The first kappa shape index (κ1) is 36.8. The van der Waals surface area contributed by atoms with Gasteiger partial charge in [-0.25, -0.2) is 0 Å². The summed E-state index contributed by atoms with van der Waals surface area (Å²) < 4.78 is 57.1. The van der Waals surface area contributed by atoms with E-state index in [0.29, 0.717) is 45.4 Å². The van der Waals surface area contributed by atoms with E-state index in [1.54, 1.807) is 24.3 Å². The first-order valence-electron chi connectivity index (χ1n) is 16.7. The van der Waals surface area contributed by atoms with Crippen LogP contribution >= 0.6 is 0 Å². The van der Waals surface area contributed by atoms with Crippen LogP contribution in [0.4, 0.5) is 0 Å². The van der Waals surface area contributed by atoms with Crippen LogP contribution in [0.2, 0.25) is 0 Å². The quantitative estimate of drug-likeness (QED) is 0.131. The molecule has 5 aliphatic rings.